The molecular formula is C12H19FN2. The molecule has 0 amide bonds. The molecule has 84 valence electrons. The minimum absolute atomic E-state index is 0.194. The number of halogens is 1. The summed E-state index contributed by atoms with van der Waals surface area (Å²) in [5, 5.41) is 3.17. The molecule has 0 aromatic carbocycles. The average Bonchev–Trinajstić information content (AvgIpc) is 2.05. The van der Waals surface area contributed by atoms with Crippen molar-refractivity contribution in [2.75, 3.05) is 5.32 Å². The van der Waals surface area contributed by atoms with E-state index in [1.54, 1.807) is 6.07 Å². The van der Waals surface area contributed by atoms with Crippen molar-refractivity contribution >= 4 is 5.82 Å². The van der Waals surface area contributed by atoms with Gasteiger partial charge in [-0.25, -0.2) is 9.37 Å². The highest BCUT2D eigenvalue weighted by Gasteiger charge is 2.19. The second-order valence-corrected chi connectivity index (χ2v) is 5.10. The first kappa shape index (κ1) is 12.0. The summed E-state index contributed by atoms with van der Waals surface area (Å²) in [5.41, 5.74) is 0.501. The molecule has 0 unspecified atom stereocenters. The summed E-state index contributed by atoms with van der Waals surface area (Å²) in [5.74, 6) is 0.494. The van der Waals surface area contributed by atoms with Crippen molar-refractivity contribution < 1.29 is 4.39 Å². The van der Waals surface area contributed by atoms with Crippen LogP contribution in [0.4, 0.5) is 10.2 Å². The van der Waals surface area contributed by atoms with Crippen molar-refractivity contribution in [3.63, 3.8) is 0 Å². The van der Waals surface area contributed by atoms with Gasteiger partial charge < -0.3 is 5.32 Å². The zero-order valence-electron chi connectivity index (χ0n) is 10.1. The van der Waals surface area contributed by atoms with E-state index in [9.17, 15) is 4.39 Å². The van der Waals surface area contributed by atoms with Gasteiger partial charge in [0.05, 0.1) is 6.20 Å². The van der Waals surface area contributed by atoms with Crippen LogP contribution >= 0.6 is 0 Å². The third kappa shape index (κ3) is 3.18. The van der Waals surface area contributed by atoms with Crippen LogP contribution < -0.4 is 5.32 Å². The predicted octanol–water partition coefficient (Wildman–Crippen LogP) is 3.34. The Balaban J connectivity index is 3.06. The Labute approximate surface area is 90.9 Å². The van der Waals surface area contributed by atoms with E-state index in [4.69, 9.17) is 0 Å². The van der Waals surface area contributed by atoms with Crippen molar-refractivity contribution in [1.82, 2.24) is 4.98 Å². The molecule has 0 atom stereocenters. The van der Waals surface area contributed by atoms with E-state index in [-0.39, 0.29) is 11.2 Å². The van der Waals surface area contributed by atoms with Crippen LogP contribution in [-0.2, 0) is 5.41 Å². The minimum Gasteiger partial charge on any atom is -0.368 e. The molecule has 0 spiro atoms. The quantitative estimate of drug-likeness (QED) is 0.809. The SMILES string of the molecule is CC(C)Nc1cc(C(C)(C)C)c(F)cn1. The fourth-order valence-corrected chi connectivity index (χ4v) is 1.39. The van der Waals surface area contributed by atoms with Crippen molar-refractivity contribution in [2.45, 2.75) is 46.1 Å². The van der Waals surface area contributed by atoms with Crippen LogP contribution in [0.2, 0.25) is 0 Å². The summed E-state index contributed by atoms with van der Waals surface area (Å²) in [6, 6.07) is 2.09. The lowest BCUT2D eigenvalue weighted by Crippen LogP contribution is -2.17. The van der Waals surface area contributed by atoms with E-state index in [1.165, 1.54) is 6.20 Å². The minimum atomic E-state index is -0.239. The molecule has 0 aliphatic carbocycles. The zero-order valence-corrected chi connectivity index (χ0v) is 10.1. The third-order valence-electron chi connectivity index (χ3n) is 2.10. The van der Waals surface area contributed by atoms with Gasteiger partial charge in [0.2, 0.25) is 0 Å². The summed E-state index contributed by atoms with van der Waals surface area (Å²) in [6.45, 7) is 10.0. The normalized spacial score (nSPS) is 11.9. The molecule has 0 aliphatic heterocycles. The monoisotopic (exact) mass is 210 g/mol. The number of hydrogen-bond acceptors (Lipinski definition) is 2. The van der Waals surface area contributed by atoms with E-state index in [1.807, 2.05) is 34.6 Å². The van der Waals surface area contributed by atoms with E-state index >= 15 is 0 Å². The van der Waals surface area contributed by atoms with Gasteiger partial charge in [-0.15, -0.1) is 0 Å². The first-order valence-electron chi connectivity index (χ1n) is 5.23. The van der Waals surface area contributed by atoms with Crippen LogP contribution in [0.3, 0.4) is 0 Å². The van der Waals surface area contributed by atoms with E-state index in [0.717, 1.165) is 5.82 Å². The molecule has 0 bridgehead atoms. The van der Waals surface area contributed by atoms with Gasteiger partial charge in [0.15, 0.2) is 0 Å². The number of hydrogen-bond donors (Lipinski definition) is 1. The van der Waals surface area contributed by atoms with Crippen molar-refractivity contribution in [3.05, 3.63) is 23.6 Å². The van der Waals surface area contributed by atoms with Gasteiger partial charge in [-0.05, 0) is 30.9 Å². The summed E-state index contributed by atoms with van der Waals surface area (Å²) in [6.07, 6.45) is 1.28. The molecule has 0 saturated carbocycles. The maximum Gasteiger partial charge on any atom is 0.145 e. The van der Waals surface area contributed by atoms with Gasteiger partial charge >= 0.3 is 0 Å². The zero-order chi connectivity index (χ0) is 11.6. The van der Waals surface area contributed by atoms with Crippen LogP contribution in [0.1, 0.15) is 40.2 Å². The predicted molar refractivity (Wildman–Crippen MR) is 61.7 cm³/mol. The topological polar surface area (TPSA) is 24.9 Å². The molecule has 1 aromatic heterocycles. The maximum absolute atomic E-state index is 13.5. The highest BCUT2D eigenvalue weighted by Crippen LogP contribution is 2.26. The summed E-state index contributed by atoms with van der Waals surface area (Å²) < 4.78 is 13.5. The van der Waals surface area contributed by atoms with Crippen molar-refractivity contribution in [3.8, 4) is 0 Å². The Kier molecular flexibility index (Phi) is 3.32. The Hall–Kier alpha value is -1.12. The lowest BCUT2D eigenvalue weighted by atomic mass is 9.87. The Morgan fingerprint density at radius 1 is 1.33 bits per heavy atom. The van der Waals surface area contributed by atoms with E-state index in [2.05, 4.69) is 10.3 Å². The van der Waals surface area contributed by atoms with Gasteiger partial charge in [-0.3, -0.25) is 0 Å². The molecule has 2 nitrogen and oxygen atoms in total. The fourth-order valence-electron chi connectivity index (χ4n) is 1.39. The number of aromatic nitrogens is 1. The molecule has 1 rings (SSSR count). The molecule has 3 heteroatoms. The molecule has 1 aromatic rings. The van der Waals surface area contributed by atoms with E-state index < -0.39 is 0 Å². The highest BCUT2D eigenvalue weighted by atomic mass is 19.1. The van der Waals surface area contributed by atoms with Crippen LogP contribution in [-0.4, -0.2) is 11.0 Å². The average molecular weight is 210 g/mol. The number of nitrogens with one attached hydrogen (secondary N) is 1. The lowest BCUT2D eigenvalue weighted by molar-refractivity contribution is 0.519. The van der Waals surface area contributed by atoms with Crippen LogP contribution in [0.25, 0.3) is 0 Å². The fraction of sp³-hybridized carbons (Fsp3) is 0.583. The van der Waals surface area contributed by atoms with Gasteiger partial charge in [0.25, 0.3) is 0 Å². The molecule has 1 N–H and O–H groups in total. The molecule has 0 fully saturated rings. The first-order chi connectivity index (χ1) is 6.80. The second-order valence-electron chi connectivity index (χ2n) is 5.10. The smallest absolute Gasteiger partial charge is 0.145 e. The lowest BCUT2D eigenvalue weighted by Gasteiger charge is -2.21. The van der Waals surface area contributed by atoms with Crippen LogP contribution in [0.5, 0.6) is 0 Å². The molecule has 1 heterocycles. The maximum atomic E-state index is 13.5. The van der Waals surface area contributed by atoms with Gasteiger partial charge in [0, 0.05) is 6.04 Å². The first-order valence-corrected chi connectivity index (χ1v) is 5.23. The Morgan fingerprint density at radius 2 is 1.93 bits per heavy atom. The summed E-state index contributed by atoms with van der Waals surface area (Å²) in [4.78, 5) is 4.01. The standard InChI is InChI=1S/C12H19FN2/c1-8(2)15-11-6-9(12(3,4)5)10(13)7-14-11/h6-8H,1-5H3,(H,14,15). The highest BCUT2D eigenvalue weighted by molar-refractivity contribution is 5.41. The molecule has 0 aliphatic rings. The van der Waals surface area contributed by atoms with Crippen molar-refractivity contribution in [2.24, 2.45) is 0 Å². The van der Waals surface area contributed by atoms with Crippen LogP contribution in [0.15, 0.2) is 12.3 Å². The molecular weight excluding hydrogens is 191 g/mol. The second kappa shape index (κ2) is 4.17. The molecule has 15 heavy (non-hydrogen) atoms. The third-order valence-corrected chi connectivity index (χ3v) is 2.10. The van der Waals surface area contributed by atoms with Gasteiger partial charge in [0.1, 0.15) is 11.6 Å². The molecule has 0 radical (unpaired) electrons. The molecule has 0 saturated heterocycles. The summed E-state index contributed by atoms with van der Waals surface area (Å²) in [7, 11) is 0. The number of anilines is 1. The van der Waals surface area contributed by atoms with Crippen molar-refractivity contribution in [1.29, 1.82) is 0 Å². The number of nitrogens with zero attached hydrogens (tertiary/aromatic N) is 1. The van der Waals surface area contributed by atoms with E-state index in [0.29, 0.717) is 11.6 Å². The van der Waals surface area contributed by atoms with Crippen LogP contribution in [0, 0.1) is 5.82 Å². The number of rotatable bonds is 2. The largest absolute Gasteiger partial charge is 0.368 e. The van der Waals surface area contributed by atoms with Gasteiger partial charge in [-0.1, -0.05) is 20.8 Å². The summed E-state index contributed by atoms with van der Waals surface area (Å²) >= 11 is 0. The van der Waals surface area contributed by atoms with Gasteiger partial charge in [-0.2, -0.15) is 0 Å². The Morgan fingerprint density at radius 3 is 2.40 bits per heavy atom. The number of pyridine rings is 1. The Bertz CT molecular complexity index is 340.